The maximum atomic E-state index is 12.2. The van der Waals surface area contributed by atoms with E-state index in [9.17, 15) is 9.59 Å². The van der Waals surface area contributed by atoms with E-state index in [1.54, 1.807) is 11.8 Å². The third-order valence-electron chi connectivity index (χ3n) is 4.51. The van der Waals surface area contributed by atoms with Crippen molar-refractivity contribution in [3.8, 4) is 0 Å². The number of urea groups is 1. The number of amides is 3. The summed E-state index contributed by atoms with van der Waals surface area (Å²) in [6.07, 6.45) is 3.54. The Morgan fingerprint density at radius 2 is 2.04 bits per heavy atom. The molecule has 0 bridgehead atoms. The van der Waals surface area contributed by atoms with Gasteiger partial charge in [-0.15, -0.1) is 0 Å². The molecule has 2 unspecified atom stereocenters. The molecule has 1 aromatic carbocycles. The minimum atomic E-state index is -0.250. The summed E-state index contributed by atoms with van der Waals surface area (Å²) in [5.41, 5.74) is 1.63. The number of anilines is 1. The fraction of sp³-hybridized carbons (Fsp3) is 0.579. The lowest BCUT2D eigenvalue weighted by atomic mass is 10.1. The van der Waals surface area contributed by atoms with Crippen molar-refractivity contribution in [2.45, 2.75) is 58.8 Å². The smallest absolute Gasteiger partial charge is 0.319 e. The van der Waals surface area contributed by atoms with Gasteiger partial charge in [-0.25, -0.2) is 4.79 Å². The summed E-state index contributed by atoms with van der Waals surface area (Å²) >= 11 is 0. The number of carbonyl (C=O) groups is 2. The van der Waals surface area contributed by atoms with E-state index in [4.69, 9.17) is 4.74 Å². The summed E-state index contributed by atoms with van der Waals surface area (Å²) in [6.45, 7) is 7.18. The van der Waals surface area contributed by atoms with E-state index in [2.05, 4.69) is 17.6 Å². The van der Waals surface area contributed by atoms with Crippen molar-refractivity contribution in [2.75, 3.05) is 18.4 Å². The normalized spacial score (nSPS) is 20.0. The molecule has 1 heterocycles. The fourth-order valence-corrected chi connectivity index (χ4v) is 3.05. The Morgan fingerprint density at radius 1 is 1.28 bits per heavy atom. The second-order valence-electron chi connectivity index (χ2n) is 6.52. The third-order valence-corrected chi connectivity index (χ3v) is 4.51. The van der Waals surface area contributed by atoms with Gasteiger partial charge in [-0.2, -0.15) is 0 Å². The number of nitrogens with zero attached hydrogens (tertiary/aromatic N) is 1. The van der Waals surface area contributed by atoms with Gasteiger partial charge < -0.3 is 20.3 Å². The second kappa shape index (κ2) is 9.42. The van der Waals surface area contributed by atoms with E-state index < -0.39 is 0 Å². The minimum absolute atomic E-state index is 0.0188. The first-order chi connectivity index (χ1) is 12.0. The van der Waals surface area contributed by atoms with Gasteiger partial charge in [0, 0.05) is 32.2 Å². The quantitative estimate of drug-likeness (QED) is 0.830. The molecule has 0 aromatic heterocycles. The summed E-state index contributed by atoms with van der Waals surface area (Å²) in [5.74, 6) is 0.0188. The summed E-state index contributed by atoms with van der Waals surface area (Å²) < 4.78 is 5.82. The molecule has 1 aliphatic rings. The highest BCUT2D eigenvalue weighted by Crippen LogP contribution is 2.19. The molecule has 6 heteroatoms. The highest BCUT2D eigenvalue weighted by molar-refractivity contribution is 5.90. The van der Waals surface area contributed by atoms with E-state index in [-0.39, 0.29) is 24.1 Å². The highest BCUT2D eigenvalue weighted by Gasteiger charge is 2.19. The van der Waals surface area contributed by atoms with Crippen molar-refractivity contribution in [2.24, 2.45) is 0 Å². The highest BCUT2D eigenvalue weighted by atomic mass is 16.5. The van der Waals surface area contributed by atoms with Crippen LogP contribution in [-0.2, 0) is 16.1 Å². The molecule has 2 N–H and O–H groups in total. The third kappa shape index (κ3) is 6.05. The minimum Gasteiger partial charge on any atom is -0.373 e. The lowest BCUT2D eigenvalue weighted by Crippen LogP contribution is -2.39. The van der Waals surface area contributed by atoms with Crippen LogP contribution in [-0.4, -0.2) is 42.1 Å². The van der Waals surface area contributed by atoms with Crippen LogP contribution in [0.4, 0.5) is 10.5 Å². The second-order valence-corrected chi connectivity index (χ2v) is 6.52. The zero-order valence-electron chi connectivity index (χ0n) is 15.4. The molecule has 2 atom stereocenters. The Kier molecular flexibility index (Phi) is 7.25. The lowest BCUT2D eigenvalue weighted by molar-refractivity contribution is -0.129. The average molecular weight is 347 g/mol. The Labute approximate surface area is 149 Å². The van der Waals surface area contributed by atoms with Crippen molar-refractivity contribution >= 4 is 17.6 Å². The van der Waals surface area contributed by atoms with Gasteiger partial charge in [0.05, 0.1) is 12.2 Å². The molecule has 0 saturated carbocycles. The van der Waals surface area contributed by atoms with Gasteiger partial charge in [-0.05, 0) is 44.7 Å². The van der Waals surface area contributed by atoms with Gasteiger partial charge in [0.2, 0.25) is 5.91 Å². The van der Waals surface area contributed by atoms with E-state index in [1.165, 1.54) is 0 Å². The van der Waals surface area contributed by atoms with Crippen LogP contribution >= 0.6 is 0 Å². The number of nitrogens with one attached hydrogen (secondary N) is 2. The molecule has 1 saturated heterocycles. The molecule has 2 rings (SSSR count). The molecule has 1 fully saturated rings. The van der Waals surface area contributed by atoms with E-state index in [1.807, 2.05) is 31.2 Å². The summed E-state index contributed by atoms with van der Waals surface area (Å²) in [4.78, 5) is 25.6. The maximum Gasteiger partial charge on any atom is 0.319 e. The number of ether oxygens (including phenoxy) is 1. The Morgan fingerprint density at radius 3 is 2.72 bits per heavy atom. The molecule has 3 amide bonds. The first kappa shape index (κ1) is 19.2. The van der Waals surface area contributed by atoms with Crippen molar-refractivity contribution in [3.63, 3.8) is 0 Å². The zero-order valence-corrected chi connectivity index (χ0v) is 15.4. The number of carbonyl (C=O) groups excluding carboxylic acids is 2. The molecular formula is C19H29N3O3. The van der Waals surface area contributed by atoms with Crippen LogP contribution < -0.4 is 10.6 Å². The molecule has 1 aliphatic heterocycles. The van der Waals surface area contributed by atoms with Gasteiger partial charge in [0.15, 0.2) is 0 Å². The first-order valence-corrected chi connectivity index (χ1v) is 9.03. The van der Waals surface area contributed by atoms with E-state index in [0.717, 1.165) is 30.5 Å². The van der Waals surface area contributed by atoms with Crippen LogP contribution in [0.1, 0.15) is 45.6 Å². The van der Waals surface area contributed by atoms with Crippen molar-refractivity contribution in [1.82, 2.24) is 10.2 Å². The van der Waals surface area contributed by atoms with Gasteiger partial charge in [0.1, 0.15) is 0 Å². The summed E-state index contributed by atoms with van der Waals surface area (Å²) in [6, 6.07) is 7.30. The monoisotopic (exact) mass is 347 g/mol. The number of rotatable bonds is 6. The zero-order chi connectivity index (χ0) is 18.2. The standard InChI is InChI=1S/C19H29N3O3/c1-4-22(15(3)23)13-16-9-5-6-11-18(16)21-19(24)20-12-17-10-7-8-14(2)25-17/h5-6,9,11,14,17H,4,7-8,10,12-13H2,1-3H3,(H2,20,21,24). The average Bonchev–Trinajstić information content (AvgIpc) is 2.59. The SMILES string of the molecule is CCN(Cc1ccccc1NC(=O)NCC1CCCC(C)O1)C(C)=O. The molecule has 0 aliphatic carbocycles. The number of hydrogen-bond acceptors (Lipinski definition) is 3. The van der Waals surface area contributed by atoms with Gasteiger partial charge in [0.25, 0.3) is 0 Å². The van der Waals surface area contributed by atoms with Crippen LogP contribution in [0.25, 0.3) is 0 Å². The molecule has 6 nitrogen and oxygen atoms in total. The largest absolute Gasteiger partial charge is 0.373 e. The first-order valence-electron chi connectivity index (χ1n) is 9.03. The van der Waals surface area contributed by atoms with Gasteiger partial charge in [-0.3, -0.25) is 4.79 Å². The fourth-order valence-electron chi connectivity index (χ4n) is 3.05. The van der Waals surface area contributed by atoms with Crippen LogP contribution in [0.2, 0.25) is 0 Å². The van der Waals surface area contributed by atoms with Gasteiger partial charge in [-0.1, -0.05) is 18.2 Å². The molecule has 1 aromatic rings. The Balaban J connectivity index is 1.90. The topological polar surface area (TPSA) is 70.7 Å². The predicted molar refractivity (Wildman–Crippen MR) is 98.4 cm³/mol. The maximum absolute atomic E-state index is 12.2. The van der Waals surface area contributed by atoms with E-state index >= 15 is 0 Å². The van der Waals surface area contributed by atoms with Crippen LogP contribution in [0, 0.1) is 0 Å². The molecule has 0 spiro atoms. The van der Waals surface area contributed by atoms with Crippen molar-refractivity contribution in [3.05, 3.63) is 29.8 Å². The molecular weight excluding hydrogens is 318 g/mol. The van der Waals surface area contributed by atoms with Crippen molar-refractivity contribution in [1.29, 1.82) is 0 Å². The van der Waals surface area contributed by atoms with Crippen LogP contribution in [0.5, 0.6) is 0 Å². The number of benzene rings is 1. The predicted octanol–water partition coefficient (Wildman–Crippen LogP) is 3.13. The lowest BCUT2D eigenvalue weighted by Gasteiger charge is -2.28. The van der Waals surface area contributed by atoms with Crippen LogP contribution in [0.15, 0.2) is 24.3 Å². The molecule has 138 valence electrons. The summed E-state index contributed by atoms with van der Waals surface area (Å²) in [5, 5.41) is 5.77. The molecule has 0 radical (unpaired) electrons. The Bertz CT molecular complexity index is 591. The summed E-state index contributed by atoms with van der Waals surface area (Å²) in [7, 11) is 0. The van der Waals surface area contributed by atoms with E-state index in [0.29, 0.717) is 19.6 Å². The van der Waals surface area contributed by atoms with Crippen molar-refractivity contribution < 1.29 is 14.3 Å². The molecule has 25 heavy (non-hydrogen) atoms. The van der Waals surface area contributed by atoms with Gasteiger partial charge >= 0.3 is 6.03 Å². The van der Waals surface area contributed by atoms with Crippen LogP contribution in [0.3, 0.4) is 0 Å². The Hall–Kier alpha value is -2.08. The number of hydrogen-bond donors (Lipinski definition) is 2. The number of para-hydroxylation sites is 1.